The normalized spacial score (nSPS) is 10.9. The van der Waals surface area contributed by atoms with Crippen molar-refractivity contribution in [1.82, 2.24) is 15.0 Å². The van der Waals surface area contributed by atoms with E-state index in [9.17, 15) is 4.79 Å². The second-order valence-corrected chi connectivity index (χ2v) is 6.93. The average molecular weight is 422 g/mol. The van der Waals surface area contributed by atoms with Gasteiger partial charge >= 0.3 is 5.63 Å². The summed E-state index contributed by atoms with van der Waals surface area (Å²) in [4.78, 5) is 27.2. The van der Waals surface area contributed by atoms with Crippen LogP contribution in [0.3, 0.4) is 0 Å². The third kappa shape index (κ3) is 4.11. The summed E-state index contributed by atoms with van der Waals surface area (Å²) in [6.45, 7) is 5.54. The van der Waals surface area contributed by atoms with Crippen LogP contribution in [0.1, 0.15) is 13.8 Å². The molecule has 4 aromatic rings. The molecule has 30 heavy (non-hydrogen) atoms. The zero-order valence-electron chi connectivity index (χ0n) is 16.6. The van der Waals surface area contributed by atoms with Crippen LogP contribution in [0, 0.1) is 0 Å². The van der Waals surface area contributed by atoms with Crippen LogP contribution < -0.4 is 15.8 Å². The van der Waals surface area contributed by atoms with E-state index in [-0.39, 0.29) is 5.28 Å². The number of anilines is 3. The van der Waals surface area contributed by atoms with Crippen LogP contribution in [-0.4, -0.2) is 28.0 Å². The molecule has 0 aliphatic carbocycles. The maximum Gasteiger partial charge on any atom is 0.344 e. The first-order chi connectivity index (χ1) is 14.6. The van der Waals surface area contributed by atoms with Gasteiger partial charge in [0.2, 0.25) is 17.2 Å². The lowest BCUT2D eigenvalue weighted by Crippen LogP contribution is -2.24. The standard InChI is InChI=1S/C22H20ClN5O2/c1-3-28(4-2)22-26-20(23)25-21(27-22)24-16-11-10-15-12-17(14-8-6-5-7-9-14)19(29)30-18(15)13-16/h5-13H,3-4H2,1-2H3,(H,24,25,26,27). The second-order valence-electron chi connectivity index (χ2n) is 6.59. The smallest absolute Gasteiger partial charge is 0.344 e. The molecular weight excluding hydrogens is 402 g/mol. The molecule has 0 radical (unpaired) electrons. The van der Waals surface area contributed by atoms with Gasteiger partial charge < -0.3 is 14.6 Å². The lowest BCUT2D eigenvalue weighted by Gasteiger charge is -2.18. The SMILES string of the molecule is CCN(CC)c1nc(Cl)nc(Nc2ccc3cc(-c4ccccc4)c(=O)oc3c2)n1. The van der Waals surface area contributed by atoms with Crippen LogP contribution in [0.4, 0.5) is 17.6 Å². The zero-order chi connectivity index (χ0) is 21.1. The molecule has 0 atom stereocenters. The van der Waals surface area contributed by atoms with Gasteiger partial charge in [-0.2, -0.15) is 15.0 Å². The van der Waals surface area contributed by atoms with Crippen LogP contribution in [0.2, 0.25) is 5.28 Å². The first-order valence-electron chi connectivity index (χ1n) is 9.64. The van der Waals surface area contributed by atoms with Crippen LogP contribution in [0.15, 0.2) is 63.8 Å². The third-order valence-electron chi connectivity index (χ3n) is 4.72. The number of fused-ring (bicyclic) bond motifs is 1. The van der Waals surface area contributed by atoms with E-state index in [1.807, 2.05) is 67.3 Å². The Kier molecular flexibility index (Phi) is 5.63. The van der Waals surface area contributed by atoms with E-state index in [2.05, 4.69) is 20.3 Å². The van der Waals surface area contributed by atoms with Crippen molar-refractivity contribution < 1.29 is 4.42 Å². The summed E-state index contributed by atoms with van der Waals surface area (Å²) in [5, 5.41) is 4.03. The minimum atomic E-state index is -0.391. The molecule has 0 saturated heterocycles. The summed E-state index contributed by atoms with van der Waals surface area (Å²) < 4.78 is 5.56. The molecule has 2 heterocycles. The van der Waals surface area contributed by atoms with Gasteiger partial charge in [0.25, 0.3) is 0 Å². The molecule has 7 nitrogen and oxygen atoms in total. The minimum Gasteiger partial charge on any atom is -0.422 e. The molecule has 0 fully saturated rings. The maximum atomic E-state index is 12.5. The Morgan fingerprint density at radius 2 is 1.77 bits per heavy atom. The molecule has 0 aliphatic heterocycles. The highest BCUT2D eigenvalue weighted by atomic mass is 35.5. The maximum absolute atomic E-state index is 12.5. The number of rotatable bonds is 6. The molecule has 0 aliphatic rings. The first kappa shape index (κ1) is 19.8. The van der Waals surface area contributed by atoms with Gasteiger partial charge in [-0.05, 0) is 49.2 Å². The topological polar surface area (TPSA) is 84.2 Å². The zero-order valence-corrected chi connectivity index (χ0v) is 17.3. The van der Waals surface area contributed by atoms with Crippen molar-refractivity contribution in [3.05, 3.63) is 70.3 Å². The van der Waals surface area contributed by atoms with Gasteiger partial charge in [-0.1, -0.05) is 30.3 Å². The Labute approximate surface area is 178 Å². The van der Waals surface area contributed by atoms with E-state index >= 15 is 0 Å². The molecule has 4 rings (SSSR count). The molecule has 0 amide bonds. The Balaban J connectivity index is 1.67. The van der Waals surface area contributed by atoms with E-state index in [0.29, 0.717) is 28.7 Å². The Hall–Kier alpha value is -3.45. The third-order valence-corrected chi connectivity index (χ3v) is 4.89. The van der Waals surface area contributed by atoms with Gasteiger partial charge in [0.05, 0.1) is 5.56 Å². The highest BCUT2D eigenvalue weighted by molar-refractivity contribution is 6.28. The predicted molar refractivity (Wildman–Crippen MR) is 120 cm³/mol. The minimum absolute atomic E-state index is 0.106. The molecular formula is C22H20ClN5O2. The number of halogens is 1. The monoisotopic (exact) mass is 421 g/mol. The Morgan fingerprint density at radius 1 is 1.00 bits per heavy atom. The van der Waals surface area contributed by atoms with Crippen molar-refractivity contribution in [1.29, 1.82) is 0 Å². The van der Waals surface area contributed by atoms with E-state index in [1.165, 1.54) is 0 Å². The average Bonchev–Trinajstić information content (AvgIpc) is 2.74. The second kappa shape index (κ2) is 8.51. The number of aromatic nitrogens is 3. The highest BCUT2D eigenvalue weighted by Gasteiger charge is 2.12. The molecule has 8 heteroatoms. The lowest BCUT2D eigenvalue weighted by molar-refractivity contribution is 0.563. The fourth-order valence-electron chi connectivity index (χ4n) is 3.18. The van der Waals surface area contributed by atoms with Crippen LogP contribution in [0.5, 0.6) is 0 Å². The number of nitrogens with zero attached hydrogens (tertiary/aromatic N) is 4. The Morgan fingerprint density at radius 3 is 2.50 bits per heavy atom. The molecule has 2 aromatic heterocycles. The number of nitrogens with one attached hydrogen (secondary N) is 1. The van der Waals surface area contributed by atoms with Crippen LogP contribution in [-0.2, 0) is 0 Å². The van der Waals surface area contributed by atoms with Gasteiger partial charge in [0.1, 0.15) is 5.58 Å². The van der Waals surface area contributed by atoms with E-state index in [0.717, 1.165) is 24.0 Å². The summed E-state index contributed by atoms with van der Waals surface area (Å²) in [5.41, 5.74) is 2.09. The summed E-state index contributed by atoms with van der Waals surface area (Å²) in [7, 11) is 0. The molecule has 0 spiro atoms. The van der Waals surface area contributed by atoms with E-state index in [4.69, 9.17) is 16.0 Å². The Bertz CT molecular complexity index is 1240. The largest absolute Gasteiger partial charge is 0.422 e. The molecule has 152 valence electrons. The van der Waals surface area contributed by atoms with Crippen molar-refractivity contribution in [3.8, 4) is 11.1 Å². The quantitative estimate of drug-likeness (QED) is 0.444. The van der Waals surface area contributed by atoms with Crippen molar-refractivity contribution in [3.63, 3.8) is 0 Å². The van der Waals surface area contributed by atoms with Crippen LogP contribution in [0.25, 0.3) is 22.1 Å². The van der Waals surface area contributed by atoms with Gasteiger partial charge in [0, 0.05) is 30.2 Å². The molecule has 0 saturated carbocycles. The van der Waals surface area contributed by atoms with Crippen molar-refractivity contribution in [2.75, 3.05) is 23.3 Å². The van der Waals surface area contributed by atoms with Gasteiger partial charge in [-0.15, -0.1) is 0 Å². The lowest BCUT2D eigenvalue weighted by atomic mass is 10.1. The summed E-state index contributed by atoms with van der Waals surface area (Å²) >= 11 is 6.08. The van der Waals surface area contributed by atoms with Crippen molar-refractivity contribution in [2.45, 2.75) is 13.8 Å². The fraction of sp³-hybridized carbons (Fsp3) is 0.182. The number of benzene rings is 2. The van der Waals surface area contributed by atoms with E-state index < -0.39 is 5.63 Å². The van der Waals surface area contributed by atoms with E-state index in [1.54, 1.807) is 6.07 Å². The summed E-state index contributed by atoms with van der Waals surface area (Å²) in [6, 6.07) is 16.8. The predicted octanol–water partition coefficient (Wildman–Crippen LogP) is 4.89. The molecule has 2 aromatic carbocycles. The fourth-order valence-corrected chi connectivity index (χ4v) is 3.34. The molecule has 0 bridgehead atoms. The first-order valence-corrected chi connectivity index (χ1v) is 10.0. The number of hydrogen-bond donors (Lipinski definition) is 1. The van der Waals surface area contributed by atoms with Crippen molar-refractivity contribution >= 4 is 40.2 Å². The number of hydrogen-bond acceptors (Lipinski definition) is 7. The summed E-state index contributed by atoms with van der Waals surface area (Å²) in [5.74, 6) is 0.821. The molecule has 0 unspecified atom stereocenters. The van der Waals surface area contributed by atoms with Gasteiger partial charge in [0.15, 0.2) is 0 Å². The van der Waals surface area contributed by atoms with Crippen LogP contribution >= 0.6 is 11.6 Å². The molecule has 1 N–H and O–H groups in total. The van der Waals surface area contributed by atoms with Gasteiger partial charge in [-0.3, -0.25) is 0 Å². The summed E-state index contributed by atoms with van der Waals surface area (Å²) in [6.07, 6.45) is 0. The van der Waals surface area contributed by atoms with Gasteiger partial charge in [-0.25, -0.2) is 4.79 Å². The highest BCUT2D eigenvalue weighted by Crippen LogP contribution is 2.25. The van der Waals surface area contributed by atoms with Crippen molar-refractivity contribution in [2.24, 2.45) is 0 Å².